The van der Waals surface area contributed by atoms with Gasteiger partial charge in [-0.3, -0.25) is 4.79 Å². The van der Waals surface area contributed by atoms with Gasteiger partial charge in [0.05, 0.1) is 16.6 Å². The van der Waals surface area contributed by atoms with Crippen molar-refractivity contribution in [1.82, 2.24) is 4.90 Å². The van der Waals surface area contributed by atoms with Crippen LogP contribution in [0.15, 0.2) is 22.3 Å². The van der Waals surface area contributed by atoms with E-state index in [0.717, 1.165) is 0 Å². The molecule has 0 aliphatic carbocycles. The number of carbonyl (C=O) groups excluding carboxylic acids is 1. The van der Waals surface area contributed by atoms with Gasteiger partial charge in [0.1, 0.15) is 0 Å². The monoisotopic (exact) mass is 191 g/mol. The number of likely N-dealkylation sites (N-methyl/N-ethyl adjacent to an activating group) is 1. The van der Waals surface area contributed by atoms with E-state index >= 15 is 0 Å². The molecule has 1 rings (SSSR count). The van der Waals surface area contributed by atoms with Crippen molar-refractivity contribution in [3.05, 3.63) is 22.3 Å². The molecule has 0 aromatic carbocycles. The summed E-state index contributed by atoms with van der Waals surface area (Å²) in [6, 6.07) is 0. The zero-order chi connectivity index (χ0) is 8.43. The van der Waals surface area contributed by atoms with Gasteiger partial charge in [-0.25, -0.2) is 0 Å². The van der Waals surface area contributed by atoms with Crippen LogP contribution in [0.5, 0.6) is 0 Å². The molecule has 0 atom stereocenters. The second-order valence-electron chi connectivity index (χ2n) is 2.34. The van der Waals surface area contributed by atoms with Crippen LogP contribution in [0.4, 0.5) is 0 Å². The first kappa shape index (κ1) is 8.62. The first-order valence-electron chi connectivity index (χ1n) is 3.07. The smallest absolute Gasteiger partial charge is 0.193 e. The van der Waals surface area contributed by atoms with E-state index in [1.807, 2.05) is 0 Å². The summed E-state index contributed by atoms with van der Waals surface area (Å²) in [5.41, 5.74) is 0. The lowest BCUT2D eigenvalue weighted by molar-refractivity contribution is -0.115. The van der Waals surface area contributed by atoms with Crippen LogP contribution >= 0.6 is 23.2 Å². The Morgan fingerprint density at radius 3 is 2.82 bits per heavy atom. The van der Waals surface area contributed by atoms with Gasteiger partial charge < -0.3 is 4.90 Å². The molecule has 60 valence electrons. The summed E-state index contributed by atoms with van der Waals surface area (Å²) in [6.45, 7) is 0.283. The number of hydrogen-bond acceptors (Lipinski definition) is 2. The first-order valence-corrected chi connectivity index (χ1v) is 3.83. The Morgan fingerprint density at radius 1 is 1.55 bits per heavy atom. The molecule has 1 heterocycles. The van der Waals surface area contributed by atoms with E-state index < -0.39 is 0 Å². The molecule has 0 amide bonds. The summed E-state index contributed by atoms with van der Waals surface area (Å²) < 4.78 is 0. The number of hydrogen-bond donors (Lipinski definition) is 0. The number of carbonyl (C=O) groups is 1. The molecule has 0 aromatic heterocycles. The lowest BCUT2D eigenvalue weighted by Gasteiger charge is -2.09. The second kappa shape index (κ2) is 3.28. The van der Waals surface area contributed by atoms with Crippen LogP contribution in [0.1, 0.15) is 0 Å². The molecule has 0 radical (unpaired) electrons. The van der Waals surface area contributed by atoms with Crippen LogP contribution in [0.3, 0.4) is 0 Å². The van der Waals surface area contributed by atoms with Crippen LogP contribution < -0.4 is 0 Å². The Balaban J connectivity index is 2.91. The minimum atomic E-state index is -0.110. The van der Waals surface area contributed by atoms with Crippen molar-refractivity contribution < 1.29 is 4.79 Å². The van der Waals surface area contributed by atoms with Crippen LogP contribution in [0.25, 0.3) is 0 Å². The highest BCUT2D eigenvalue weighted by atomic mass is 35.5. The fraction of sp³-hybridized carbons (Fsp3) is 0.286. The molecule has 11 heavy (non-hydrogen) atoms. The zero-order valence-electron chi connectivity index (χ0n) is 5.97. The fourth-order valence-electron chi connectivity index (χ4n) is 0.797. The lowest BCUT2D eigenvalue weighted by atomic mass is 10.3. The number of nitrogens with zero attached hydrogens (tertiary/aromatic N) is 1. The lowest BCUT2D eigenvalue weighted by Crippen LogP contribution is -2.19. The third-order valence-electron chi connectivity index (χ3n) is 1.27. The normalized spacial score (nSPS) is 19.2. The van der Waals surface area contributed by atoms with Crippen molar-refractivity contribution in [2.45, 2.75) is 0 Å². The number of rotatable bonds is 0. The molecule has 1 aliphatic rings. The number of allylic oxidation sites excluding steroid dienone is 2. The van der Waals surface area contributed by atoms with E-state index in [1.54, 1.807) is 18.1 Å². The van der Waals surface area contributed by atoms with Gasteiger partial charge in [-0.15, -0.1) is 0 Å². The maximum Gasteiger partial charge on any atom is 0.193 e. The molecule has 0 fully saturated rings. The number of halogens is 2. The minimum Gasteiger partial charge on any atom is -0.371 e. The molecule has 0 N–H and O–H groups in total. The van der Waals surface area contributed by atoms with E-state index in [2.05, 4.69) is 0 Å². The zero-order valence-corrected chi connectivity index (χ0v) is 7.49. The Morgan fingerprint density at radius 2 is 2.18 bits per heavy atom. The van der Waals surface area contributed by atoms with Crippen LogP contribution in [0.2, 0.25) is 0 Å². The highest BCUT2D eigenvalue weighted by Crippen LogP contribution is 2.16. The summed E-state index contributed by atoms with van der Waals surface area (Å²) in [6.07, 6.45) is 3.11. The summed E-state index contributed by atoms with van der Waals surface area (Å²) in [7, 11) is 1.77. The Bertz CT molecular complexity index is 245. The van der Waals surface area contributed by atoms with Crippen LogP contribution in [-0.4, -0.2) is 24.3 Å². The Hall–Kier alpha value is -0.470. The number of Topliss-reactive ketones (excluding diaryl/α,β-unsaturated/α-hetero) is 1. The molecule has 0 unspecified atom stereocenters. The van der Waals surface area contributed by atoms with Gasteiger partial charge in [0, 0.05) is 13.2 Å². The molecule has 0 saturated carbocycles. The Labute approximate surface area is 75.1 Å². The van der Waals surface area contributed by atoms with Crippen molar-refractivity contribution in [3.63, 3.8) is 0 Å². The molecule has 0 aromatic rings. The predicted molar refractivity (Wildman–Crippen MR) is 45.5 cm³/mol. The summed E-state index contributed by atoms with van der Waals surface area (Å²) >= 11 is 11.3. The maximum atomic E-state index is 11.0. The molecule has 0 bridgehead atoms. The first-order chi connectivity index (χ1) is 5.09. The van der Waals surface area contributed by atoms with E-state index in [0.29, 0.717) is 5.03 Å². The van der Waals surface area contributed by atoms with Gasteiger partial charge >= 0.3 is 0 Å². The van der Waals surface area contributed by atoms with Gasteiger partial charge in [-0.05, 0) is 6.08 Å². The van der Waals surface area contributed by atoms with Gasteiger partial charge in [-0.2, -0.15) is 0 Å². The van der Waals surface area contributed by atoms with E-state index in [1.165, 1.54) is 6.08 Å². The second-order valence-corrected chi connectivity index (χ2v) is 3.19. The number of ketones is 1. The van der Waals surface area contributed by atoms with E-state index in [9.17, 15) is 4.79 Å². The largest absolute Gasteiger partial charge is 0.371 e. The summed E-state index contributed by atoms with van der Waals surface area (Å²) in [5, 5.41) is 0.666. The van der Waals surface area contributed by atoms with Crippen molar-refractivity contribution in [1.29, 1.82) is 0 Å². The molecule has 2 nitrogen and oxygen atoms in total. The van der Waals surface area contributed by atoms with Crippen molar-refractivity contribution in [2.24, 2.45) is 0 Å². The Kier molecular flexibility index (Phi) is 2.58. The average Bonchev–Trinajstić information content (AvgIpc) is 1.93. The highest BCUT2D eigenvalue weighted by molar-refractivity contribution is 6.44. The molecule has 4 heteroatoms. The van der Waals surface area contributed by atoms with Crippen molar-refractivity contribution in [3.8, 4) is 0 Å². The third kappa shape index (κ3) is 2.24. The highest BCUT2D eigenvalue weighted by Gasteiger charge is 2.12. The average molecular weight is 192 g/mol. The molecule has 0 spiro atoms. The fourth-order valence-corrected chi connectivity index (χ4v) is 1.31. The van der Waals surface area contributed by atoms with Crippen LogP contribution in [-0.2, 0) is 4.79 Å². The van der Waals surface area contributed by atoms with Gasteiger partial charge in [0.25, 0.3) is 0 Å². The molecular formula is C7H7Cl2NO. The summed E-state index contributed by atoms with van der Waals surface area (Å²) in [4.78, 5) is 12.7. The quantitative estimate of drug-likeness (QED) is 0.582. The van der Waals surface area contributed by atoms with Gasteiger partial charge in [0.15, 0.2) is 5.78 Å². The van der Waals surface area contributed by atoms with E-state index in [-0.39, 0.29) is 17.4 Å². The molecule has 0 saturated heterocycles. The summed E-state index contributed by atoms with van der Waals surface area (Å²) in [5.74, 6) is -0.110. The van der Waals surface area contributed by atoms with E-state index in [4.69, 9.17) is 23.2 Å². The predicted octanol–water partition coefficient (Wildman–Crippen LogP) is 1.70. The minimum absolute atomic E-state index is 0.110. The maximum absolute atomic E-state index is 11.0. The van der Waals surface area contributed by atoms with Crippen LogP contribution in [0, 0.1) is 0 Å². The van der Waals surface area contributed by atoms with Crippen molar-refractivity contribution >= 4 is 29.0 Å². The van der Waals surface area contributed by atoms with Gasteiger partial charge in [-0.1, -0.05) is 23.2 Å². The van der Waals surface area contributed by atoms with Gasteiger partial charge in [0.2, 0.25) is 0 Å². The standard InChI is InChI=1S/C7H7Cl2NO/c1-10-3-5(8)2-6(9)7(11)4-10/h2-3H,4H2,1H3. The SMILES string of the molecule is CN1C=C(Cl)C=C(Cl)C(=O)C1. The topological polar surface area (TPSA) is 20.3 Å². The molecular weight excluding hydrogens is 185 g/mol. The van der Waals surface area contributed by atoms with Crippen molar-refractivity contribution in [2.75, 3.05) is 13.6 Å². The third-order valence-corrected chi connectivity index (χ3v) is 1.79. The molecule has 1 aliphatic heterocycles.